The van der Waals surface area contributed by atoms with Crippen molar-refractivity contribution in [2.24, 2.45) is 0 Å². The van der Waals surface area contributed by atoms with E-state index < -0.39 is 17.4 Å². The average Bonchev–Trinajstić information content (AvgIpc) is 2.54. The number of carbonyl (C=O) groups is 2. The topological polar surface area (TPSA) is 92.4 Å². The van der Waals surface area contributed by atoms with Crippen LogP contribution in [0.5, 0.6) is 0 Å². The zero-order valence-electron chi connectivity index (χ0n) is 7.77. The first-order valence-corrected chi connectivity index (χ1v) is 3.89. The highest BCUT2D eigenvalue weighted by molar-refractivity contribution is 5.94. The molecule has 0 aliphatic carbocycles. The van der Waals surface area contributed by atoms with Crippen LogP contribution in [-0.2, 0) is 4.79 Å². The van der Waals surface area contributed by atoms with E-state index in [1.165, 1.54) is 26.3 Å². The summed E-state index contributed by atoms with van der Waals surface area (Å²) in [4.78, 5) is 25.5. The maximum absolute atomic E-state index is 11.3. The standard InChI is InChI=1S/C8H10N2O4/c1-8(2,7(12)13)10-5(11)6-9-3-4-14-6/h3-4H,1-2H3,(H,10,11)(H,12,13). The normalized spacial score (nSPS) is 11.0. The molecular weight excluding hydrogens is 188 g/mol. The zero-order valence-corrected chi connectivity index (χ0v) is 7.77. The van der Waals surface area contributed by atoms with Crippen molar-refractivity contribution in [2.75, 3.05) is 0 Å². The second-order valence-corrected chi connectivity index (χ2v) is 3.22. The molecule has 0 aliphatic rings. The largest absolute Gasteiger partial charge is 0.480 e. The number of amides is 1. The van der Waals surface area contributed by atoms with E-state index in [-0.39, 0.29) is 5.89 Å². The Balaban J connectivity index is 2.71. The molecular formula is C8H10N2O4. The molecule has 76 valence electrons. The fraction of sp³-hybridized carbons (Fsp3) is 0.375. The van der Waals surface area contributed by atoms with Crippen LogP contribution in [0.25, 0.3) is 0 Å². The quantitative estimate of drug-likeness (QED) is 0.727. The Hall–Kier alpha value is -1.85. The summed E-state index contributed by atoms with van der Waals surface area (Å²) in [5.41, 5.74) is -1.34. The van der Waals surface area contributed by atoms with Gasteiger partial charge in [-0.2, -0.15) is 0 Å². The van der Waals surface area contributed by atoms with E-state index in [0.717, 1.165) is 0 Å². The summed E-state index contributed by atoms with van der Waals surface area (Å²) in [6.07, 6.45) is 2.55. The number of aliphatic carboxylic acids is 1. The highest BCUT2D eigenvalue weighted by atomic mass is 16.4. The fourth-order valence-electron chi connectivity index (χ4n) is 0.726. The molecule has 1 amide bonds. The third-order valence-electron chi connectivity index (χ3n) is 1.59. The van der Waals surface area contributed by atoms with Gasteiger partial charge in [-0.3, -0.25) is 4.79 Å². The van der Waals surface area contributed by atoms with Crippen molar-refractivity contribution in [1.29, 1.82) is 0 Å². The third kappa shape index (κ3) is 2.09. The number of carbonyl (C=O) groups excluding carboxylic acids is 1. The van der Waals surface area contributed by atoms with Crippen LogP contribution < -0.4 is 5.32 Å². The molecule has 1 aromatic heterocycles. The lowest BCUT2D eigenvalue weighted by Crippen LogP contribution is -2.49. The zero-order chi connectivity index (χ0) is 10.8. The van der Waals surface area contributed by atoms with Crippen LogP contribution in [0.2, 0.25) is 0 Å². The van der Waals surface area contributed by atoms with E-state index in [4.69, 9.17) is 9.52 Å². The van der Waals surface area contributed by atoms with E-state index in [9.17, 15) is 9.59 Å². The fourth-order valence-corrected chi connectivity index (χ4v) is 0.726. The smallest absolute Gasteiger partial charge is 0.328 e. The van der Waals surface area contributed by atoms with Gasteiger partial charge in [0.05, 0.1) is 6.20 Å². The van der Waals surface area contributed by atoms with Gasteiger partial charge in [0.25, 0.3) is 5.89 Å². The summed E-state index contributed by atoms with van der Waals surface area (Å²) in [5.74, 6) is -1.93. The Morgan fingerprint density at radius 1 is 1.57 bits per heavy atom. The number of hydrogen-bond acceptors (Lipinski definition) is 4. The first kappa shape index (κ1) is 10.2. The number of aromatic nitrogens is 1. The van der Waals surface area contributed by atoms with E-state index in [0.29, 0.717) is 0 Å². The van der Waals surface area contributed by atoms with Crippen LogP contribution in [0.3, 0.4) is 0 Å². The molecule has 0 fully saturated rings. The van der Waals surface area contributed by atoms with Gasteiger partial charge in [-0.25, -0.2) is 9.78 Å². The highest BCUT2D eigenvalue weighted by Crippen LogP contribution is 2.04. The lowest BCUT2D eigenvalue weighted by molar-refractivity contribution is -0.143. The van der Waals surface area contributed by atoms with Crippen LogP contribution >= 0.6 is 0 Å². The molecule has 1 rings (SSSR count). The number of hydrogen-bond donors (Lipinski definition) is 2. The van der Waals surface area contributed by atoms with E-state index >= 15 is 0 Å². The van der Waals surface area contributed by atoms with Gasteiger partial charge in [-0.05, 0) is 13.8 Å². The predicted molar refractivity (Wildman–Crippen MR) is 45.7 cm³/mol. The van der Waals surface area contributed by atoms with Gasteiger partial charge >= 0.3 is 11.9 Å². The molecule has 14 heavy (non-hydrogen) atoms. The van der Waals surface area contributed by atoms with Crippen molar-refractivity contribution in [2.45, 2.75) is 19.4 Å². The first-order valence-electron chi connectivity index (χ1n) is 3.89. The second-order valence-electron chi connectivity index (χ2n) is 3.22. The number of oxazole rings is 1. The van der Waals surface area contributed by atoms with Crippen LogP contribution in [-0.4, -0.2) is 27.5 Å². The summed E-state index contributed by atoms with van der Waals surface area (Å²) >= 11 is 0. The van der Waals surface area contributed by atoms with Crippen molar-refractivity contribution in [3.63, 3.8) is 0 Å². The van der Waals surface area contributed by atoms with Crippen LogP contribution in [0.4, 0.5) is 0 Å². The van der Waals surface area contributed by atoms with Crippen molar-refractivity contribution in [3.8, 4) is 0 Å². The molecule has 0 unspecified atom stereocenters. The Labute approximate surface area is 79.9 Å². The summed E-state index contributed by atoms with van der Waals surface area (Å²) in [5, 5.41) is 11.0. The maximum Gasteiger partial charge on any atom is 0.328 e. The highest BCUT2D eigenvalue weighted by Gasteiger charge is 2.30. The summed E-state index contributed by atoms with van der Waals surface area (Å²) in [6.45, 7) is 2.74. The number of carboxylic acid groups (broad SMARTS) is 1. The van der Waals surface area contributed by atoms with Crippen molar-refractivity contribution < 1.29 is 19.1 Å². The lowest BCUT2D eigenvalue weighted by atomic mass is 10.1. The van der Waals surface area contributed by atoms with Gasteiger partial charge in [0.1, 0.15) is 11.8 Å². The van der Waals surface area contributed by atoms with Crippen LogP contribution in [0.1, 0.15) is 24.5 Å². The molecule has 2 N–H and O–H groups in total. The molecule has 1 aromatic rings. The average molecular weight is 198 g/mol. The molecule has 0 atom stereocenters. The number of carboxylic acids is 1. The Morgan fingerprint density at radius 3 is 2.64 bits per heavy atom. The molecule has 6 nitrogen and oxygen atoms in total. The second kappa shape index (κ2) is 3.49. The van der Waals surface area contributed by atoms with Gasteiger partial charge in [0.2, 0.25) is 0 Å². The molecule has 0 aromatic carbocycles. The molecule has 0 saturated carbocycles. The molecule has 0 radical (unpaired) electrons. The molecule has 0 bridgehead atoms. The molecule has 0 saturated heterocycles. The monoisotopic (exact) mass is 198 g/mol. The van der Waals surface area contributed by atoms with Gasteiger partial charge in [-0.15, -0.1) is 0 Å². The minimum absolute atomic E-state index is 0.153. The van der Waals surface area contributed by atoms with Crippen molar-refractivity contribution in [3.05, 3.63) is 18.4 Å². The van der Waals surface area contributed by atoms with Crippen molar-refractivity contribution >= 4 is 11.9 Å². The molecule has 6 heteroatoms. The number of nitrogens with one attached hydrogen (secondary N) is 1. The Kier molecular flexibility index (Phi) is 2.55. The first-order chi connectivity index (χ1) is 6.43. The summed E-state index contributed by atoms with van der Waals surface area (Å²) < 4.78 is 4.70. The maximum atomic E-state index is 11.3. The number of rotatable bonds is 3. The minimum Gasteiger partial charge on any atom is -0.480 e. The van der Waals surface area contributed by atoms with Crippen LogP contribution in [0, 0.1) is 0 Å². The van der Waals surface area contributed by atoms with Gasteiger partial charge in [0, 0.05) is 0 Å². The third-order valence-corrected chi connectivity index (χ3v) is 1.59. The van der Waals surface area contributed by atoms with E-state index in [1.807, 2.05) is 0 Å². The van der Waals surface area contributed by atoms with Crippen LogP contribution in [0.15, 0.2) is 16.9 Å². The van der Waals surface area contributed by atoms with Gasteiger partial charge in [-0.1, -0.05) is 0 Å². The number of nitrogens with zero attached hydrogens (tertiary/aromatic N) is 1. The SMILES string of the molecule is CC(C)(NC(=O)c1ncco1)C(=O)O. The van der Waals surface area contributed by atoms with Gasteiger partial charge < -0.3 is 14.8 Å². The van der Waals surface area contributed by atoms with Gasteiger partial charge in [0.15, 0.2) is 0 Å². The molecule has 1 heterocycles. The Bertz CT molecular complexity index is 342. The van der Waals surface area contributed by atoms with E-state index in [1.54, 1.807) is 0 Å². The van der Waals surface area contributed by atoms with E-state index in [2.05, 4.69) is 10.3 Å². The minimum atomic E-state index is -1.34. The van der Waals surface area contributed by atoms with Crippen molar-refractivity contribution in [1.82, 2.24) is 10.3 Å². The predicted octanol–water partition coefficient (Wildman–Crippen LogP) is 0.268. The lowest BCUT2D eigenvalue weighted by Gasteiger charge is -2.19. The summed E-state index contributed by atoms with van der Waals surface area (Å²) in [7, 11) is 0. The Morgan fingerprint density at radius 2 is 2.21 bits per heavy atom. The molecule has 0 spiro atoms. The summed E-state index contributed by atoms with van der Waals surface area (Å²) in [6, 6.07) is 0. The molecule has 0 aliphatic heterocycles.